The van der Waals surface area contributed by atoms with Crippen molar-refractivity contribution in [1.82, 2.24) is 5.32 Å². The Hall–Kier alpha value is -0.120. The van der Waals surface area contributed by atoms with Crippen molar-refractivity contribution < 1.29 is 9.84 Å². The lowest BCUT2D eigenvalue weighted by atomic mass is 9.98. The topological polar surface area (TPSA) is 41.5 Å². The normalized spacial score (nSPS) is 20.2. The van der Waals surface area contributed by atoms with E-state index in [2.05, 4.69) is 39.9 Å². The van der Waals surface area contributed by atoms with Gasteiger partial charge in [0.25, 0.3) is 0 Å². The Morgan fingerprint density at radius 2 is 1.89 bits per heavy atom. The maximum atomic E-state index is 9.91. The molecular formula is C15H31NO2. The number of ether oxygens (including phenoxy) is 1. The summed E-state index contributed by atoms with van der Waals surface area (Å²) in [6.45, 7) is 12.0. The summed E-state index contributed by atoms with van der Waals surface area (Å²) < 4.78 is 5.67. The van der Waals surface area contributed by atoms with Crippen molar-refractivity contribution in [3.63, 3.8) is 0 Å². The third-order valence-electron chi connectivity index (χ3n) is 3.77. The third-order valence-corrected chi connectivity index (χ3v) is 3.77. The Labute approximate surface area is 112 Å². The second-order valence-electron chi connectivity index (χ2n) is 6.80. The molecule has 2 unspecified atom stereocenters. The summed E-state index contributed by atoms with van der Waals surface area (Å²) in [6, 6.07) is 0. The molecule has 1 aliphatic rings. The van der Waals surface area contributed by atoms with Crippen LogP contribution in [0.4, 0.5) is 0 Å². The predicted octanol–water partition coefficient (Wildman–Crippen LogP) is 2.58. The molecule has 1 fully saturated rings. The van der Waals surface area contributed by atoms with Crippen molar-refractivity contribution in [3.8, 4) is 0 Å². The number of aliphatic hydroxyl groups excluding tert-OH is 1. The van der Waals surface area contributed by atoms with E-state index in [1.165, 1.54) is 12.8 Å². The summed E-state index contributed by atoms with van der Waals surface area (Å²) >= 11 is 0. The van der Waals surface area contributed by atoms with Gasteiger partial charge in [0.15, 0.2) is 0 Å². The van der Waals surface area contributed by atoms with E-state index in [9.17, 15) is 5.11 Å². The van der Waals surface area contributed by atoms with E-state index in [0.29, 0.717) is 19.1 Å². The second kappa shape index (κ2) is 6.88. The molecule has 1 saturated carbocycles. The van der Waals surface area contributed by atoms with Gasteiger partial charge in [-0.05, 0) is 51.9 Å². The number of rotatable bonds is 9. The molecule has 1 aliphatic carbocycles. The molecule has 2 atom stereocenters. The first kappa shape index (κ1) is 15.9. The van der Waals surface area contributed by atoms with E-state index in [1.807, 2.05) is 0 Å². The Morgan fingerprint density at radius 3 is 2.39 bits per heavy atom. The Kier molecular flexibility index (Phi) is 6.09. The van der Waals surface area contributed by atoms with Gasteiger partial charge >= 0.3 is 0 Å². The van der Waals surface area contributed by atoms with Gasteiger partial charge in [-0.2, -0.15) is 0 Å². The maximum absolute atomic E-state index is 9.91. The Balaban J connectivity index is 2.11. The van der Waals surface area contributed by atoms with Gasteiger partial charge in [-0.15, -0.1) is 0 Å². The van der Waals surface area contributed by atoms with E-state index in [1.54, 1.807) is 0 Å². The average Bonchev–Trinajstić information content (AvgIpc) is 3.06. The Bertz CT molecular complexity index is 237. The minimum absolute atomic E-state index is 0.157. The van der Waals surface area contributed by atoms with Crippen molar-refractivity contribution >= 4 is 0 Å². The quantitative estimate of drug-likeness (QED) is 0.667. The maximum Gasteiger partial charge on any atom is 0.0898 e. The lowest BCUT2D eigenvalue weighted by Gasteiger charge is -2.28. The van der Waals surface area contributed by atoms with Crippen LogP contribution in [-0.4, -0.2) is 36.0 Å². The van der Waals surface area contributed by atoms with Crippen LogP contribution in [0.15, 0.2) is 0 Å². The molecule has 0 heterocycles. The summed E-state index contributed by atoms with van der Waals surface area (Å²) in [7, 11) is 0. The smallest absolute Gasteiger partial charge is 0.0898 e. The van der Waals surface area contributed by atoms with Gasteiger partial charge in [0, 0.05) is 12.1 Å². The lowest BCUT2D eigenvalue weighted by Crippen LogP contribution is -2.46. The zero-order chi connectivity index (χ0) is 13.8. The van der Waals surface area contributed by atoms with Crippen LogP contribution in [0.3, 0.4) is 0 Å². The van der Waals surface area contributed by atoms with Crippen molar-refractivity contribution in [2.75, 3.05) is 13.2 Å². The van der Waals surface area contributed by atoms with E-state index in [-0.39, 0.29) is 11.6 Å². The molecule has 0 spiro atoms. The molecule has 2 N–H and O–H groups in total. The number of hydrogen-bond donors (Lipinski definition) is 2. The summed E-state index contributed by atoms with van der Waals surface area (Å²) in [5.74, 6) is 1.43. The van der Waals surface area contributed by atoms with Gasteiger partial charge < -0.3 is 15.2 Å². The third kappa shape index (κ3) is 6.17. The number of β-amino-alcohol motifs (C(OH)–C–C–N with tert-alkyl or cyclic N) is 1. The first-order chi connectivity index (χ1) is 8.31. The second-order valence-corrected chi connectivity index (χ2v) is 6.80. The predicted molar refractivity (Wildman–Crippen MR) is 75.7 cm³/mol. The number of hydrogen-bond acceptors (Lipinski definition) is 3. The zero-order valence-corrected chi connectivity index (χ0v) is 12.7. The van der Waals surface area contributed by atoms with Gasteiger partial charge in [-0.25, -0.2) is 0 Å². The van der Waals surface area contributed by atoms with Gasteiger partial charge in [-0.3, -0.25) is 0 Å². The van der Waals surface area contributed by atoms with Crippen molar-refractivity contribution in [1.29, 1.82) is 0 Å². The summed E-state index contributed by atoms with van der Waals surface area (Å²) in [5.41, 5.74) is 0.157. The highest BCUT2D eigenvalue weighted by Gasteiger charge is 2.37. The van der Waals surface area contributed by atoms with Crippen molar-refractivity contribution in [2.45, 2.75) is 71.6 Å². The molecule has 18 heavy (non-hydrogen) atoms. The van der Waals surface area contributed by atoms with Crippen LogP contribution in [0.25, 0.3) is 0 Å². The molecule has 3 nitrogen and oxygen atoms in total. The highest BCUT2D eigenvalue weighted by Crippen LogP contribution is 2.39. The molecule has 0 radical (unpaired) electrons. The summed E-state index contributed by atoms with van der Waals surface area (Å²) in [4.78, 5) is 0. The lowest BCUT2D eigenvalue weighted by molar-refractivity contribution is -0.0108. The number of aliphatic hydroxyl groups is 1. The summed E-state index contributed by atoms with van der Waals surface area (Å²) in [6.07, 6.45) is 3.51. The van der Waals surface area contributed by atoms with Crippen LogP contribution in [0, 0.1) is 11.8 Å². The molecule has 0 aromatic carbocycles. The summed E-state index contributed by atoms with van der Waals surface area (Å²) in [5, 5.41) is 13.4. The van der Waals surface area contributed by atoms with E-state index < -0.39 is 6.10 Å². The van der Waals surface area contributed by atoms with Crippen LogP contribution in [0.1, 0.15) is 53.9 Å². The molecule has 0 aromatic rings. The molecular weight excluding hydrogens is 226 g/mol. The van der Waals surface area contributed by atoms with E-state index in [4.69, 9.17) is 4.74 Å². The van der Waals surface area contributed by atoms with E-state index >= 15 is 0 Å². The monoisotopic (exact) mass is 257 g/mol. The SMILES string of the molecule is CC(C)CC(C)OCC(O)CNC(C)(C)C1CC1. The largest absolute Gasteiger partial charge is 0.389 e. The molecule has 3 heteroatoms. The van der Waals surface area contributed by atoms with E-state index in [0.717, 1.165) is 12.3 Å². The molecule has 108 valence electrons. The molecule has 0 saturated heterocycles. The molecule has 0 aliphatic heterocycles. The molecule has 0 bridgehead atoms. The van der Waals surface area contributed by atoms with Gasteiger partial charge in [0.1, 0.15) is 0 Å². The minimum atomic E-state index is -0.405. The number of nitrogens with one attached hydrogen (secondary N) is 1. The van der Waals surface area contributed by atoms with Crippen molar-refractivity contribution in [3.05, 3.63) is 0 Å². The fraction of sp³-hybridized carbons (Fsp3) is 1.00. The van der Waals surface area contributed by atoms with Crippen LogP contribution in [0.2, 0.25) is 0 Å². The van der Waals surface area contributed by atoms with Gasteiger partial charge in [-0.1, -0.05) is 13.8 Å². The van der Waals surface area contributed by atoms with Crippen LogP contribution in [0.5, 0.6) is 0 Å². The molecule has 0 amide bonds. The van der Waals surface area contributed by atoms with Crippen LogP contribution in [-0.2, 0) is 4.74 Å². The van der Waals surface area contributed by atoms with Crippen molar-refractivity contribution in [2.24, 2.45) is 11.8 Å². The molecule has 1 rings (SSSR count). The first-order valence-electron chi connectivity index (χ1n) is 7.36. The Morgan fingerprint density at radius 1 is 1.28 bits per heavy atom. The standard InChI is InChI=1S/C15H31NO2/c1-11(2)8-12(3)18-10-14(17)9-16-15(4,5)13-6-7-13/h11-14,16-17H,6-10H2,1-5H3. The van der Waals surface area contributed by atoms with Crippen LogP contribution < -0.4 is 5.32 Å². The highest BCUT2D eigenvalue weighted by atomic mass is 16.5. The van der Waals surface area contributed by atoms with Crippen LogP contribution >= 0.6 is 0 Å². The van der Waals surface area contributed by atoms with Gasteiger partial charge in [0.05, 0.1) is 18.8 Å². The average molecular weight is 257 g/mol. The highest BCUT2D eigenvalue weighted by molar-refractivity contribution is 4.94. The first-order valence-corrected chi connectivity index (χ1v) is 7.36. The molecule has 0 aromatic heterocycles. The van der Waals surface area contributed by atoms with Gasteiger partial charge in [0.2, 0.25) is 0 Å². The minimum Gasteiger partial charge on any atom is -0.389 e. The zero-order valence-electron chi connectivity index (χ0n) is 12.7. The fourth-order valence-corrected chi connectivity index (χ4v) is 2.40. The fourth-order valence-electron chi connectivity index (χ4n) is 2.40.